The Morgan fingerprint density at radius 2 is 2.42 bits per heavy atom. The summed E-state index contributed by atoms with van der Waals surface area (Å²) in [6, 6.07) is 7.89. The Morgan fingerprint density at radius 1 is 1.63 bits per heavy atom. The maximum Gasteiger partial charge on any atom is 0.236 e. The fourth-order valence-corrected chi connectivity index (χ4v) is 2.70. The molecule has 0 aromatic heterocycles. The van der Waals surface area contributed by atoms with Gasteiger partial charge >= 0.3 is 0 Å². The van der Waals surface area contributed by atoms with Crippen molar-refractivity contribution in [2.45, 2.75) is 19.4 Å². The number of rotatable bonds is 4. The van der Waals surface area contributed by atoms with Gasteiger partial charge < -0.3 is 16.0 Å². The van der Waals surface area contributed by atoms with Gasteiger partial charge in [-0.05, 0) is 37.5 Å². The lowest BCUT2D eigenvalue weighted by Crippen LogP contribution is -2.40. The summed E-state index contributed by atoms with van der Waals surface area (Å²) in [4.78, 5) is 13.8. The molecular weight excluding hydrogens is 306 g/mol. The molecule has 104 valence electrons. The number of nitrogens with zero attached hydrogens (tertiary/aromatic N) is 1. The zero-order valence-corrected chi connectivity index (χ0v) is 12.7. The molecule has 4 nitrogen and oxygen atoms in total. The Labute approximate surface area is 122 Å². The van der Waals surface area contributed by atoms with E-state index in [2.05, 4.69) is 38.3 Å². The maximum absolute atomic E-state index is 11.4. The Balaban J connectivity index is 1.85. The van der Waals surface area contributed by atoms with Crippen LogP contribution in [0.2, 0.25) is 0 Å². The van der Waals surface area contributed by atoms with Gasteiger partial charge in [-0.15, -0.1) is 0 Å². The van der Waals surface area contributed by atoms with Crippen molar-refractivity contribution in [1.82, 2.24) is 5.32 Å². The molecule has 1 aromatic rings. The second-order valence-electron chi connectivity index (χ2n) is 5.11. The van der Waals surface area contributed by atoms with Crippen molar-refractivity contribution >= 4 is 27.5 Å². The second kappa shape index (κ2) is 6.39. The van der Waals surface area contributed by atoms with Gasteiger partial charge in [0.2, 0.25) is 5.91 Å². The molecule has 1 amide bonds. The molecule has 2 atom stereocenters. The van der Waals surface area contributed by atoms with Crippen LogP contribution >= 0.6 is 15.9 Å². The van der Waals surface area contributed by atoms with Crippen LogP contribution in [0.3, 0.4) is 0 Å². The Morgan fingerprint density at radius 3 is 3.11 bits per heavy atom. The number of nitrogens with two attached hydrogens (primary N) is 1. The van der Waals surface area contributed by atoms with Gasteiger partial charge in [0.1, 0.15) is 0 Å². The molecule has 1 aliphatic rings. The lowest BCUT2D eigenvalue weighted by atomic mass is 10.1. The Hall–Kier alpha value is -1.07. The van der Waals surface area contributed by atoms with E-state index in [0.717, 1.165) is 24.0 Å². The van der Waals surface area contributed by atoms with E-state index in [9.17, 15) is 4.79 Å². The topological polar surface area (TPSA) is 58.4 Å². The van der Waals surface area contributed by atoms with Crippen LogP contribution in [-0.2, 0) is 4.79 Å². The molecule has 0 bridgehead atoms. The predicted octanol–water partition coefficient (Wildman–Crippen LogP) is 1.74. The van der Waals surface area contributed by atoms with Gasteiger partial charge in [-0.1, -0.05) is 22.0 Å². The summed E-state index contributed by atoms with van der Waals surface area (Å²) in [5.74, 6) is 0.433. The van der Waals surface area contributed by atoms with Crippen LogP contribution in [0.5, 0.6) is 0 Å². The molecule has 0 spiro atoms. The average Bonchev–Trinajstić information content (AvgIpc) is 2.84. The van der Waals surface area contributed by atoms with Crippen molar-refractivity contribution in [3.05, 3.63) is 28.7 Å². The second-order valence-corrected chi connectivity index (χ2v) is 6.03. The quantitative estimate of drug-likeness (QED) is 0.886. The summed E-state index contributed by atoms with van der Waals surface area (Å²) in [6.45, 7) is 4.44. The molecular formula is C14H20BrN3O. The van der Waals surface area contributed by atoms with E-state index in [1.54, 1.807) is 6.92 Å². The number of amides is 1. The first-order valence-electron chi connectivity index (χ1n) is 6.60. The van der Waals surface area contributed by atoms with E-state index in [4.69, 9.17) is 5.73 Å². The monoisotopic (exact) mass is 325 g/mol. The minimum Gasteiger partial charge on any atom is -0.371 e. The molecule has 0 aliphatic carbocycles. The first-order chi connectivity index (χ1) is 9.06. The summed E-state index contributed by atoms with van der Waals surface area (Å²) < 4.78 is 1.10. The number of hydrogen-bond acceptors (Lipinski definition) is 3. The highest BCUT2D eigenvalue weighted by Crippen LogP contribution is 2.25. The average molecular weight is 326 g/mol. The molecule has 0 radical (unpaired) electrons. The van der Waals surface area contributed by atoms with Gasteiger partial charge in [0.25, 0.3) is 0 Å². The summed E-state index contributed by atoms with van der Waals surface area (Å²) in [5, 5.41) is 2.91. The van der Waals surface area contributed by atoms with Crippen LogP contribution in [0.15, 0.2) is 28.7 Å². The third-order valence-electron chi connectivity index (χ3n) is 3.44. The molecule has 3 N–H and O–H groups in total. The lowest BCUT2D eigenvalue weighted by molar-refractivity contribution is -0.122. The molecule has 1 aliphatic heterocycles. The van der Waals surface area contributed by atoms with Gasteiger partial charge in [0.15, 0.2) is 0 Å². The smallest absolute Gasteiger partial charge is 0.236 e. The summed E-state index contributed by atoms with van der Waals surface area (Å²) in [6.07, 6.45) is 1.10. The van der Waals surface area contributed by atoms with Crippen molar-refractivity contribution in [1.29, 1.82) is 0 Å². The predicted molar refractivity (Wildman–Crippen MR) is 81.1 cm³/mol. The molecule has 5 heteroatoms. The number of nitrogens with one attached hydrogen (secondary N) is 1. The Kier molecular flexibility index (Phi) is 4.82. The van der Waals surface area contributed by atoms with Crippen molar-refractivity contribution in [3.8, 4) is 0 Å². The van der Waals surface area contributed by atoms with Gasteiger partial charge in [-0.2, -0.15) is 0 Å². The summed E-state index contributed by atoms with van der Waals surface area (Å²) >= 11 is 3.49. The van der Waals surface area contributed by atoms with Crippen molar-refractivity contribution in [3.63, 3.8) is 0 Å². The van der Waals surface area contributed by atoms with Crippen molar-refractivity contribution < 1.29 is 4.79 Å². The Bertz CT molecular complexity index is 450. The number of hydrogen-bond donors (Lipinski definition) is 2. The molecule has 19 heavy (non-hydrogen) atoms. The minimum absolute atomic E-state index is 0.0686. The summed E-state index contributed by atoms with van der Waals surface area (Å²) in [7, 11) is 0. The number of benzene rings is 1. The highest BCUT2D eigenvalue weighted by molar-refractivity contribution is 9.10. The molecule has 1 heterocycles. The van der Waals surface area contributed by atoms with Gasteiger partial charge in [0.05, 0.1) is 6.04 Å². The highest BCUT2D eigenvalue weighted by Gasteiger charge is 2.23. The van der Waals surface area contributed by atoms with Crippen LogP contribution in [-0.4, -0.2) is 31.6 Å². The van der Waals surface area contributed by atoms with Gasteiger partial charge in [-0.25, -0.2) is 0 Å². The van der Waals surface area contributed by atoms with E-state index in [-0.39, 0.29) is 5.91 Å². The maximum atomic E-state index is 11.4. The number of carbonyl (C=O) groups is 1. The van der Waals surface area contributed by atoms with Gasteiger partial charge in [-0.3, -0.25) is 4.79 Å². The molecule has 1 unspecified atom stereocenters. The van der Waals surface area contributed by atoms with Crippen LogP contribution in [0.4, 0.5) is 5.69 Å². The van der Waals surface area contributed by atoms with Gasteiger partial charge in [0, 0.05) is 29.8 Å². The minimum atomic E-state index is -0.428. The largest absolute Gasteiger partial charge is 0.371 e. The van der Waals surface area contributed by atoms with E-state index in [1.165, 1.54) is 5.69 Å². The third-order valence-corrected chi connectivity index (χ3v) is 3.93. The van der Waals surface area contributed by atoms with Crippen LogP contribution in [0, 0.1) is 5.92 Å². The molecule has 2 rings (SSSR count). The summed E-state index contributed by atoms with van der Waals surface area (Å²) in [5.41, 5.74) is 6.76. The first kappa shape index (κ1) is 14.3. The zero-order chi connectivity index (χ0) is 13.8. The standard InChI is InChI=1S/C14H20BrN3O/c1-10(16)14(19)17-8-11-5-6-18(9-11)13-4-2-3-12(15)7-13/h2-4,7,10-11H,5-6,8-9,16H2,1H3,(H,17,19)/t10-,11?/m1/s1. The highest BCUT2D eigenvalue weighted by atomic mass is 79.9. The lowest BCUT2D eigenvalue weighted by Gasteiger charge is -2.19. The SMILES string of the molecule is C[C@@H](N)C(=O)NCC1CCN(c2cccc(Br)c2)C1. The molecule has 0 saturated carbocycles. The number of carbonyl (C=O) groups excluding carboxylic acids is 1. The van der Waals surface area contributed by atoms with E-state index in [0.29, 0.717) is 12.5 Å². The fraction of sp³-hybridized carbons (Fsp3) is 0.500. The van der Waals surface area contributed by atoms with Crippen LogP contribution < -0.4 is 16.0 Å². The number of anilines is 1. The van der Waals surface area contributed by atoms with Crippen LogP contribution in [0.1, 0.15) is 13.3 Å². The number of halogens is 1. The van der Waals surface area contributed by atoms with E-state index >= 15 is 0 Å². The van der Waals surface area contributed by atoms with Crippen molar-refractivity contribution in [2.75, 3.05) is 24.5 Å². The van der Waals surface area contributed by atoms with E-state index in [1.807, 2.05) is 12.1 Å². The third kappa shape index (κ3) is 3.94. The zero-order valence-electron chi connectivity index (χ0n) is 11.1. The molecule has 1 fully saturated rings. The van der Waals surface area contributed by atoms with Crippen molar-refractivity contribution in [2.24, 2.45) is 11.7 Å². The van der Waals surface area contributed by atoms with Crippen LogP contribution in [0.25, 0.3) is 0 Å². The van der Waals surface area contributed by atoms with E-state index < -0.39 is 6.04 Å². The molecule has 1 saturated heterocycles. The first-order valence-corrected chi connectivity index (χ1v) is 7.39. The fourth-order valence-electron chi connectivity index (χ4n) is 2.31. The normalized spacial score (nSPS) is 20.4. The molecule has 1 aromatic carbocycles.